The summed E-state index contributed by atoms with van der Waals surface area (Å²) < 4.78 is 20.6. The second-order valence-corrected chi connectivity index (χ2v) is 8.82. The number of nitrogens with one attached hydrogen (secondary N) is 1. The summed E-state index contributed by atoms with van der Waals surface area (Å²) in [6.07, 6.45) is 3.36. The number of rotatable bonds is 8. The number of imidazole rings is 1. The molecule has 0 saturated heterocycles. The minimum absolute atomic E-state index is 0.0677. The largest absolute Gasteiger partial charge is 0.467 e. The molecule has 5 rings (SSSR count). The van der Waals surface area contributed by atoms with Crippen LogP contribution in [0.3, 0.4) is 0 Å². The molecule has 2 amide bonds. The smallest absolute Gasteiger partial charge is 0.254 e. The van der Waals surface area contributed by atoms with Gasteiger partial charge in [0.05, 0.1) is 18.5 Å². The standard InChI is InChI=1S/C30H25FN4O3/c1-21-7-5-10-25(17-21)35-19-27(22-8-3-2-4-9-22)32-30(35)33-28(36)20-34(18-26-11-6-16-38-26)29(37)23-12-14-24(31)15-13-23/h2-17,19H,18,20H2,1H3,(H,32,33,36). The number of hydrogen-bond acceptors (Lipinski definition) is 4. The number of benzene rings is 3. The van der Waals surface area contributed by atoms with E-state index in [0.29, 0.717) is 17.4 Å². The van der Waals surface area contributed by atoms with Crippen molar-refractivity contribution in [1.29, 1.82) is 0 Å². The van der Waals surface area contributed by atoms with Gasteiger partial charge >= 0.3 is 0 Å². The molecule has 2 aromatic heterocycles. The van der Waals surface area contributed by atoms with Crippen LogP contribution >= 0.6 is 0 Å². The number of aryl methyl sites for hydroxylation is 1. The molecule has 0 saturated carbocycles. The molecule has 8 heteroatoms. The first-order valence-corrected chi connectivity index (χ1v) is 12.1. The fraction of sp³-hybridized carbons (Fsp3) is 0.100. The van der Waals surface area contributed by atoms with Gasteiger partial charge in [-0.3, -0.25) is 19.5 Å². The van der Waals surface area contributed by atoms with Crippen molar-refractivity contribution in [2.45, 2.75) is 13.5 Å². The number of furan rings is 1. The Labute approximate surface area is 219 Å². The van der Waals surface area contributed by atoms with Crippen molar-refractivity contribution in [3.8, 4) is 16.9 Å². The monoisotopic (exact) mass is 508 g/mol. The van der Waals surface area contributed by atoms with Crippen molar-refractivity contribution in [2.24, 2.45) is 0 Å². The van der Waals surface area contributed by atoms with Gasteiger partial charge in [-0.25, -0.2) is 9.37 Å². The Kier molecular flexibility index (Phi) is 7.13. The SMILES string of the molecule is Cc1cccc(-n2cc(-c3ccccc3)nc2NC(=O)CN(Cc2ccco2)C(=O)c2ccc(F)cc2)c1. The summed E-state index contributed by atoms with van der Waals surface area (Å²) in [5.41, 5.74) is 3.75. The summed E-state index contributed by atoms with van der Waals surface area (Å²) in [6.45, 7) is 1.79. The van der Waals surface area contributed by atoms with Crippen LogP contribution in [0.15, 0.2) is 108 Å². The molecule has 38 heavy (non-hydrogen) atoms. The third-order valence-corrected chi connectivity index (χ3v) is 5.95. The zero-order chi connectivity index (χ0) is 26.5. The lowest BCUT2D eigenvalue weighted by molar-refractivity contribution is -0.117. The van der Waals surface area contributed by atoms with E-state index >= 15 is 0 Å². The van der Waals surface area contributed by atoms with Gasteiger partial charge in [-0.05, 0) is 61.0 Å². The van der Waals surface area contributed by atoms with Crippen molar-refractivity contribution in [3.05, 3.63) is 126 Å². The van der Waals surface area contributed by atoms with Crippen molar-refractivity contribution in [1.82, 2.24) is 14.5 Å². The highest BCUT2D eigenvalue weighted by atomic mass is 19.1. The second kappa shape index (κ2) is 11.0. The van der Waals surface area contributed by atoms with Gasteiger partial charge in [0.15, 0.2) is 0 Å². The lowest BCUT2D eigenvalue weighted by Gasteiger charge is -2.21. The minimum atomic E-state index is -0.450. The highest BCUT2D eigenvalue weighted by Crippen LogP contribution is 2.25. The van der Waals surface area contributed by atoms with Crippen LogP contribution < -0.4 is 5.32 Å². The van der Waals surface area contributed by atoms with Crippen molar-refractivity contribution in [3.63, 3.8) is 0 Å². The molecule has 0 fully saturated rings. The molecule has 0 spiro atoms. The van der Waals surface area contributed by atoms with Crippen molar-refractivity contribution in [2.75, 3.05) is 11.9 Å². The number of carbonyl (C=O) groups excluding carboxylic acids is 2. The Balaban J connectivity index is 1.43. The first kappa shape index (κ1) is 24.7. The topological polar surface area (TPSA) is 80.4 Å². The average molecular weight is 509 g/mol. The van der Waals surface area contributed by atoms with Crippen LogP contribution in [-0.4, -0.2) is 32.8 Å². The van der Waals surface area contributed by atoms with E-state index in [0.717, 1.165) is 16.8 Å². The number of amides is 2. The maximum atomic E-state index is 13.4. The molecule has 0 aliphatic rings. The molecule has 2 heterocycles. The maximum Gasteiger partial charge on any atom is 0.254 e. The number of hydrogen-bond donors (Lipinski definition) is 1. The van der Waals surface area contributed by atoms with Gasteiger partial charge in [-0.2, -0.15) is 0 Å². The van der Waals surface area contributed by atoms with Crippen molar-refractivity contribution < 1.29 is 18.4 Å². The van der Waals surface area contributed by atoms with Crippen LogP contribution in [0.5, 0.6) is 0 Å². The molecule has 1 N–H and O–H groups in total. The summed E-state index contributed by atoms with van der Waals surface area (Å²) in [5, 5.41) is 2.87. The van der Waals surface area contributed by atoms with Gasteiger partial charge in [0.25, 0.3) is 5.91 Å². The van der Waals surface area contributed by atoms with E-state index in [2.05, 4.69) is 10.3 Å². The van der Waals surface area contributed by atoms with E-state index in [1.165, 1.54) is 35.4 Å². The van der Waals surface area contributed by atoms with E-state index in [1.54, 1.807) is 12.1 Å². The zero-order valence-corrected chi connectivity index (χ0v) is 20.7. The fourth-order valence-corrected chi connectivity index (χ4v) is 4.09. The van der Waals surface area contributed by atoms with Gasteiger partial charge in [0.2, 0.25) is 11.9 Å². The van der Waals surface area contributed by atoms with E-state index in [4.69, 9.17) is 4.42 Å². The molecular formula is C30H25FN4O3. The summed E-state index contributed by atoms with van der Waals surface area (Å²) in [7, 11) is 0. The van der Waals surface area contributed by atoms with E-state index in [1.807, 2.05) is 72.3 Å². The van der Waals surface area contributed by atoms with Gasteiger partial charge in [-0.15, -0.1) is 0 Å². The quantitative estimate of drug-likeness (QED) is 0.285. The zero-order valence-electron chi connectivity index (χ0n) is 20.7. The Morgan fingerprint density at radius 1 is 0.974 bits per heavy atom. The average Bonchev–Trinajstić information content (AvgIpc) is 3.59. The summed E-state index contributed by atoms with van der Waals surface area (Å²) in [6, 6.07) is 26.1. The number of halogens is 1. The normalized spacial score (nSPS) is 10.8. The Morgan fingerprint density at radius 3 is 2.47 bits per heavy atom. The van der Waals surface area contributed by atoms with Crippen LogP contribution in [-0.2, 0) is 11.3 Å². The molecule has 0 radical (unpaired) electrons. The van der Waals surface area contributed by atoms with E-state index < -0.39 is 17.6 Å². The number of anilines is 1. The first-order chi connectivity index (χ1) is 18.5. The van der Waals surface area contributed by atoms with Crippen LogP contribution in [0.2, 0.25) is 0 Å². The van der Waals surface area contributed by atoms with Gasteiger partial charge in [0, 0.05) is 23.0 Å². The molecular weight excluding hydrogens is 483 g/mol. The Bertz CT molecular complexity index is 1540. The van der Waals surface area contributed by atoms with Crippen LogP contribution in [0.1, 0.15) is 21.7 Å². The molecule has 0 atom stereocenters. The first-order valence-electron chi connectivity index (χ1n) is 12.1. The predicted molar refractivity (Wildman–Crippen MR) is 142 cm³/mol. The Hall–Kier alpha value is -4.98. The highest BCUT2D eigenvalue weighted by molar-refractivity contribution is 5.99. The van der Waals surface area contributed by atoms with Gasteiger partial charge in [-0.1, -0.05) is 42.5 Å². The predicted octanol–water partition coefficient (Wildman–Crippen LogP) is 5.86. The molecule has 0 aliphatic heterocycles. The Morgan fingerprint density at radius 2 is 1.76 bits per heavy atom. The molecule has 0 unspecified atom stereocenters. The number of aromatic nitrogens is 2. The third-order valence-electron chi connectivity index (χ3n) is 5.95. The third kappa shape index (κ3) is 5.70. The van der Waals surface area contributed by atoms with Crippen molar-refractivity contribution >= 4 is 17.8 Å². The minimum Gasteiger partial charge on any atom is -0.467 e. The number of nitrogens with zero attached hydrogens (tertiary/aromatic N) is 3. The second-order valence-electron chi connectivity index (χ2n) is 8.82. The molecule has 5 aromatic rings. The van der Waals surface area contributed by atoms with Gasteiger partial charge < -0.3 is 9.32 Å². The summed E-state index contributed by atoms with van der Waals surface area (Å²) >= 11 is 0. The lowest BCUT2D eigenvalue weighted by Crippen LogP contribution is -2.37. The van der Waals surface area contributed by atoms with Crippen LogP contribution in [0, 0.1) is 12.7 Å². The van der Waals surface area contributed by atoms with E-state index in [9.17, 15) is 14.0 Å². The van der Waals surface area contributed by atoms with E-state index in [-0.39, 0.29) is 18.7 Å². The summed E-state index contributed by atoms with van der Waals surface area (Å²) in [5.74, 6) is -0.476. The van der Waals surface area contributed by atoms with Crippen LogP contribution in [0.4, 0.5) is 10.3 Å². The molecule has 190 valence electrons. The lowest BCUT2D eigenvalue weighted by atomic mass is 10.2. The highest BCUT2D eigenvalue weighted by Gasteiger charge is 2.22. The number of carbonyl (C=O) groups is 2. The molecule has 0 aliphatic carbocycles. The molecule has 3 aromatic carbocycles. The van der Waals surface area contributed by atoms with Gasteiger partial charge in [0.1, 0.15) is 18.1 Å². The summed E-state index contributed by atoms with van der Waals surface area (Å²) in [4.78, 5) is 32.6. The van der Waals surface area contributed by atoms with Crippen LogP contribution in [0.25, 0.3) is 16.9 Å². The fourth-order valence-electron chi connectivity index (χ4n) is 4.09. The molecule has 0 bridgehead atoms. The maximum absolute atomic E-state index is 13.4. The molecule has 7 nitrogen and oxygen atoms in total.